The quantitative estimate of drug-likeness (QED) is 0.346. The number of alkyl halides is 8. The van der Waals surface area contributed by atoms with Crippen LogP contribution in [0, 0.1) is 11.6 Å². The highest BCUT2D eigenvalue weighted by molar-refractivity contribution is 5.89. The van der Waals surface area contributed by atoms with Crippen LogP contribution in [-0.2, 0) is 0 Å². The van der Waals surface area contributed by atoms with Crippen molar-refractivity contribution < 1.29 is 43.9 Å². The lowest BCUT2D eigenvalue weighted by Gasteiger charge is -2.31. The number of nitrogens with two attached hydrogens (primary N) is 1. The molecule has 0 spiro atoms. The van der Waals surface area contributed by atoms with E-state index in [1.807, 2.05) is 0 Å². The van der Waals surface area contributed by atoms with Gasteiger partial charge in [-0.1, -0.05) is 0 Å². The number of hydrogen-bond donors (Lipinski definition) is 2. The van der Waals surface area contributed by atoms with E-state index >= 15 is 0 Å². The Kier molecular flexibility index (Phi) is 5.25. The van der Waals surface area contributed by atoms with E-state index in [-0.39, 0.29) is 6.07 Å². The molecule has 0 aromatic heterocycles. The van der Waals surface area contributed by atoms with Gasteiger partial charge in [0, 0.05) is 6.07 Å². The predicted octanol–water partition coefficient (Wildman–Crippen LogP) is 3.82. The summed E-state index contributed by atoms with van der Waals surface area (Å²) in [7, 11) is 0. The molecule has 24 heavy (non-hydrogen) atoms. The van der Waals surface area contributed by atoms with E-state index in [0.29, 0.717) is 12.1 Å². The Hall–Kier alpha value is -2.21. The Morgan fingerprint density at radius 2 is 1.58 bits per heavy atom. The molecule has 0 aliphatic carbocycles. The van der Waals surface area contributed by atoms with Crippen molar-refractivity contribution in [1.82, 2.24) is 0 Å². The molecule has 0 radical (unpaired) electrons. The maximum Gasteiger partial charge on any atom is 0.385 e. The fourth-order valence-electron chi connectivity index (χ4n) is 1.28. The van der Waals surface area contributed by atoms with Crippen LogP contribution in [0.3, 0.4) is 0 Å². The van der Waals surface area contributed by atoms with Crippen LogP contribution in [0.2, 0.25) is 0 Å². The SMILES string of the molecule is N/C(=N/Nc1ccc(F)cc1F)C(F)(F)C(F)(F)C(F)(F)C(F)F. The van der Waals surface area contributed by atoms with Gasteiger partial charge in [-0.25, -0.2) is 17.6 Å². The Labute approximate surface area is 127 Å². The van der Waals surface area contributed by atoms with Crippen molar-refractivity contribution in [2.75, 3.05) is 5.43 Å². The number of halogens is 10. The van der Waals surface area contributed by atoms with Crippen molar-refractivity contribution in [3.05, 3.63) is 29.8 Å². The summed E-state index contributed by atoms with van der Waals surface area (Å²) in [5.74, 6) is -24.0. The fraction of sp³-hybridized carbons (Fsp3) is 0.364. The van der Waals surface area contributed by atoms with Crippen molar-refractivity contribution in [1.29, 1.82) is 0 Å². The smallest absolute Gasteiger partial charge is 0.380 e. The lowest BCUT2D eigenvalue weighted by molar-refractivity contribution is -0.319. The van der Waals surface area contributed by atoms with E-state index in [0.717, 1.165) is 0 Å². The first-order valence-corrected chi connectivity index (χ1v) is 5.71. The van der Waals surface area contributed by atoms with Crippen molar-refractivity contribution >= 4 is 11.5 Å². The van der Waals surface area contributed by atoms with Gasteiger partial charge >= 0.3 is 24.2 Å². The molecule has 0 fully saturated rings. The number of nitrogens with zero attached hydrogens (tertiary/aromatic N) is 1. The molecule has 0 aliphatic heterocycles. The van der Waals surface area contributed by atoms with E-state index in [9.17, 15) is 43.9 Å². The summed E-state index contributed by atoms with van der Waals surface area (Å²) >= 11 is 0. The maximum atomic E-state index is 13.3. The van der Waals surface area contributed by atoms with E-state index in [2.05, 4.69) is 10.8 Å². The lowest BCUT2D eigenvalue weighted by atomic mass is 10.0. The molecule has 0 saturated heterocycles. The lowest BCUT2D eigenvalue weighted by Crippen LogP contribution is -2.62. The summed E-state index contributed by atoms with van der Waals surface area (Å²) in [6, 6.07) is 1.48. The van der Waals surface area contributed by atoms with Crippen LogP contribution in [0.1, 0.15) is 0 Å². The van der Waals surface area contributed by atoms with Crippen LogP contribution in [0.4, 0.5) is 49.6 Å². The Morgan fingerprint density at radius 3 is 2.04 bits per heavy atom. The molecule has 0 amide bonds. The van der Waals surface area contributed by atoms with Crippen LogP contribution in [-0.4, -0.2) is 30.0 Å². The van der Waals surface area contributed by atoms with Gasteiger partial charge < -0.3 is 5.73 Å². The summed E-state index contributed by atoms with van der Waals surface area (Å²) in [5.41, 5.74) is 5.00. The topological polar surface area (TPSA) is 50.4 Å². The zero-order valence-electron chi connectivity index (χ0n) is 11.1. The first kappa shape index (κ1) is 19.8. The van der Waals surface area contributed by atoms with E-state index < -0.39 is 47.4 Å². The van der Waals surface area contributed by atoms with Crippen molar-refractivity contribution in [3.63, 3.8) is 0 Å². The van der Waals surface area contributed by atoms with Gasteiger partial charge in [0.2, 0.25) is 0 Å². The Balaban J connectivity index is 3.12. The van der Waals surface area contributed by atoms with Crippen LogP contribution >= 0.6 is 0 Å². The normalized spacial score (nSPS) is 14.2. The first-order valence-electron chi connectivity index (χ1n) is 5.71. The molecular formula is C11H7F10N3. The third-order valence-corrected chi connectivity index (χ3v) is 2.64. The number of benzene rings is 1. The third kappa shape index (κ3) is 3.33. The summed E-state index contributed by atoms with van der Waals surface area (Å²) in [6.07, 6.45) is -5.12. The van der Waals surface area contributed by atoms with Crippen molar-refractivity contribution in [3.8, 4) is 0 Å². The van der Waals surface area contributed by atoms with Gasteiger partial charge in [0.15, 0.2) is 11.7 Å². The monoisotopic (exact) mass is 371 g/mol. The molecule has 0 atom stereocenters. The van der Waals surface area contributed by atoms with Gasteiger partial charge in [-0.15, -0.1) is 0 Å². The molecule has 13 heteroatoms. The van der Waals surface area contributed by atoms with Gasteiger partial charge in [-0.2, -0.15) is 31.4 Å². The van der Waals surface area contributed by atoms with E-state index in [1.165, 1.54) is 5.43 Å². The van der Waals surface area contributed by atoms with Crippen LogP contribution in [0.5, 0.6) is 0 Å². The molecule has 0 unspecified atom stereocenters. The van der Waals surface area contributed by atoms with Crippen molar-refractivity contribution in [2.24, 2.45) is 10.8 Å². The molecule has 0 bridgehead atoms. The van der Waals surface area contributed by atoms with E-state index in [1.54, 1.807) is 0 Å². The molecule has 1 aromatic rings. The second kappa shape index (κ2) is 6.36. The van der Waals surface area contributed by atoms with Gasteiger partial charge in [-0.3, -0.25) is 5.43 Å². The molecule has 0 aliphatic rings. The molecule has 136 valence electrons. The second-order valence-electron chi connectivity index (χ2n) is 4.31. The Morgan fingerprint density at radius 1 is 1.04 bits per heavy atom. The minimum Gasteiger partial charge on any atom is -0.380 e. The predicted molar refractivity (Wildman–Crippen MR) is 62.4 cm³/mol. The van der Waals surface area contributed by atoms with E-state index in [4.69, 9.17) is 0 Å². The summed E-state index contributed by atoms with van der Waals surface area (Å²) in [6.45, 7) is 0. The number of amidine groups is 1. The molecule has 0 heterocycles. The number of rotatable bonds is 6. The summed E-state index contributed by atoms with van der Waals surface area (Å²) < 4.78 is 128. The minimum absolute atomic E-state index is 0.256. The second-order valence-corrected chi connectivity index (χ2v) is 4.31. The zero-order chi connectivity index (χ0) is 18.9. The number of anilines is 1. The molecule has 1 rings (SSSR count). The largest absolute Gasteiger partial charge is 0.385 e. The number of hydrazone groups is 1. The Bertz CT molecular complexity index is 628. The van der Waals surface area contributed by atoms with Gasteiger partial charge in [0.05, 0.1) is 5.69 Å². The maximum absolute atomic E-state index is 13.3. The minimum atomic E-state index is -6.59. The highest BCUT2D eigenvalue weighted by Gasteiger charge is 2.77. The summed E-state index contributed by atoms with van der Waals surface area (Å²) in [4.78, 5) is 0. The summed E-state index contributed by atoms with van der Waals surface area (Å²) in [5, 5.41) is 2.37. The zero-order valence-corrected chi connectivity index (χ0v) is 11.1. The van der Waals surface area contributed by atoms with Gasteiger partial charge in [-0.05, 0) is 12.1 Å². The van der Waals surface area contributed by atoms with Crippen LogP contribution in [0.25, 0.3) is 0 Å². The standard InChI is InChI=1S/C11H7F10N3/c12-4-1-2-6(5(13)3-4)23-24-8(22)10(18,19)11(20,21)9(16,17)7(14)15/h1-3,7,23H,(H2,22,24). The molecule has 3 nitrogen and oxygen atoms in total. The average molecular weight is 371 g/mol. The fourth-order valence-corrected chi connectivity index (χ4v) is 1.28. The van der Waals surface area contributed by atoms with Crippen LogP contribution < -0.4 is 11.2 Å². The van der Waals surface area contributed by atoms with Crippen molar-refractivity contribution in [2.45, 2.75) is 24.2 Å². The average Bonchev–Trinajstić information content (AvgIpc) is 2.45. The van der Waals surface area contributed by atoms with Crippen LogP contribution in [0.15, 0.2) is 23.3 Å². The van der Waals surface area contributed by atoms with Gasteiger partial charge in [0.25, 0.3) is 0 Å². The first-order chi connectivity index (χ1) is 10.7. The molecule has 1 aromatic carbocycles. The third-order valence-electron chi connectivity index (χ3n) is 2.64. The highest BCUT2D eigenvalue weighted by atomic mass is 19.4. The van der Waals surface area contributed by atoms with Gasteiger partial charge in [0.1, 0.15) is 5.82 Å². The highest BCUT2D eigenvalue weighted by Crippen LogP contribution is 2.48. The molecule has 0 saturated carbocycles. The molecular weight excluding hydrogens is 364 g/mol. The number of nitrogens with one attached hydrogen (secondary N) is 1. The number of hydrogen-bond acceptors (Lipinski definition) is 2. The molecule has 3 N–H and O–H groups in total.